The molecule has 0 saturated heterocycles. The zero-order valence-corrected chi connectivity index (χ0v) is 17.9. The highest BCUT2D eigenvalue weighted by Crippen LogP contribution is 2.33. The number of para-hydroxylation sites is 1. The molecular weight excluding hydrogens is 396 g/mol. The second-order valence-corrected chi connectivity index (χ2v) is 7.68. The van der Waals surface area contributed by atoms with Crippen LogP contribution >= 0.6 is 0 Å². The Morgan fingerprint density at radius 1 is 1.06 bits per heavy atom. The van der Waals surface area contributed by atoms with Gasteiger partial charge >= 0.3 is 5.97 Å². The van der Waals surface area contributed by atoms with Gasteiger partial charge in [-0.25, -0.2) is 4.79 Å². The summed E-state index contributed by atoms with van der Waals surface area (Å²) in [5.41, 5.74) is 2.05. The average molecular weight is 420 g/mol. The van der Waals surface area contributed by atoms with Crippen molar-refractivity contribution < 1.29 is 23.1 Å². The number of esters is 1. The Balaban J connectivity index is 1.80. The maximum atomic E-state index is 13.3. The molecule has 0 aliphatic carbocycles. The molecule has 0 bridgehead atoms. The molecule has 160 valence electrons. The normalized spacial score (nSPS) is 12.4. The van der Waals surface area contributed by atoms with Crippen LogP contribution in [0, 0.1) is 0 Å². The monoisotopic (exact) mass is 420 g/mol. The van der Waals surface area contributed by atoms with Crippen molar-refractivity contribution in [3.63, 3.8) is 0 Å². The number of fused-ring (bicyclic) bond motifs is 2. The van der Waals surface area contributed by atoms with Gasteiger partial charge in [0, 0.05) is 11.5 Å². The summed E-state index contributed by atoms with van der Waals surface area (Å²) < 4.78 is 22.5. The summed E-state index contributed by atoms with van der Waals surface area (Å²) in [6, 6.07) is 12.8. The number of hydrogen-bond acceptors (Lipinski definition) is 6. The summed E-state index contributed by atoms with van der Waals surface area (Å²) in [7, 11) is 0. The molecule has 2 heterocycles. The summed E-state index contributed by atoms with van der Waals surface area (Å²) >= 11 is 0. The molecule has 0 unspecified atom stereocenters. The molecule has 0 aliphatic heterocycles. The summed E-state index contributed by atoms with van der Waals surface area (Å²) in [6.07, 6.45) is 0.618. The number of carbonyl (C=O) groups excluding carboxylic acids is 1. The average Bonchev–Trinajstić information content (AvgIpc) is 3.17. The van der Waals surface area contributed by atoms with E-state index in [4.69, 9.17) is 18.3 Å². The summed E-state index contributed by atoms with van der Waals surface area (Å²) in [5, 5.41) is 1.34. The lowest BCUT2D eigenvalue weighted by atomic mass is 9.99. The highest BCUT2D eigenvalue weighted by molar-refractivity contribution is 5.87. The highest BCUT2D eigenvalue weighted by Gasteiger charge is 2.21. The molecule has 0 radical (unpaired) electrons. The lowest BCUT2D eigenvalue weighted by Crippen LogP contribution is -2.26. The highest BCUT2D eigenvalue weighted by atomic mass is 16.6. The Morgan fingerprint density at radius 2 is 1.84 bits per heavy atom. The molecule has 0 aliphatic rings. The predicted molar refractivity (Wildman–Crippen MR) is 119 cm³/mol. The number of carbonyl (C=O) groups is 1. The van der Waals surface area contributed by atoms with E-state index in [1.54, 1.807) is 26.0 Å². The van der Waals surface area contributed by atoms with Gasteiger partial charge in [-0.15, -0.1) is 0 Å². The number of ether oxygens (including phenoxy) is 2. The van der Waals surface area contributed by atoms with E-state index in [1.165, 1.54) is 6.26 Å². The minimum absolute atomic E-state index is 0.0584. The van der Waals surface area contributed by atoms with Gasteiger partial charge in [0.05, 0.1) is 12.0 Å². The summed E-state index contributed by atoms with van der Waals surface area (Å²) in [4.78, 5) is 25.3. The van der Waals surface area contributed by atoms with Crippen molar-refractivity contribution in [3.8, 4) is 17.1 Å². The van der Waals surface area contributed by atoms with Crippen molar-refractivity contribution in [1.29, 1.82) is 0 Å². The van der Waals surface area contributed by atoms with Crippen LogP contribution in [0.15, 0.2) is 62.4 Å². The third kappa shape index (κ3) is 3.93. The molecule has 2 aromatic heterocycles. The summed E-state index contributed by atoms with van der Waals surface area (Å²) in [6.45, 7) is 7.64. The van der Waals surface area contributed by atoms with E-state index in [-0.39, 0.29) is 18.0 Å². The van der Waals surface area contributed by atoms with Crippen LogP contribution in [0.1, 0.15) is 39.2 Å². The van der Waals surface area contributed by atoms with Crippen LogP contribution < -0.4 is 10.2 Å². The first-order valence-corrected chi connectivity index (χ1v) is 10.3. The number of furan rings is 1. The van der Waals surface area contributed by atoms with E-state index in [1.807, 2.05) is 44.2 Å². The molecule has 0 saturated carbocycles. The van der Waals surface area contributed by atoms with Gasteiger partial charge in [0.15, 0.2) is 6.10 Å². The third-order valence-corrected chi connectivity index (χ3v) is 5.14. The van der Waals surface area contributed by atoms with Crippen LogP contribution in [0.2, 0.25) is 0 Å². The van der Waals surface area contributed by atoms with Crippen molar-refractivity contribution >= 4 is 27.9 Å². The van der Waals surface area contributed by atoms with Gasteiger partial charge in [-0.3, -0.25) is 4.79 Å². The second-order valence-electron chi connectivity index (χ2n) is 7.68. The summed E-state index contributed by atoms with van der Waals surface area (Å²) in [5.74, 6) is 0.559. The lowest BCUT2D eigenvalue weighted by Gasteiger charge is -2.18. The Labute approximate surface area is 179 Å². The molecule has 0 spiro atoms. The van der Waals surface area contributed by atoms with E-state index in [0.29, 0.717) is 33.6 Å². The third-order valence-electron chi connectivity index (χ3n) is 5.14. The van der Waals surface area contributed by atoms with Crippen molar-refractivity contribution in [1.82, 2.24) is 0 Å². The molecule has 0 N–H and O–H groups in total. The van der Waals surface area contributed by atoms with E-state index >= 15 is 0 Å². The van der Waals surface area contributed by atoms with Gasteiger partial charge in [0.1, 0.15) is 34.5 Å². The van der Waals surface area contributed by atoms with Crippen LogP contribution in [0.3, 0.4) is 0 Å². The van der Waals surface area contributed by atoms with Gasteiger partial charge in [-0.2, -0.15) is 0 Å². The molecule has 4 aromatic rings. The van der Waals surface area contributed by atoms with Crippen LogP contribution in [0.5, 0.6) is 5.75 Å². The van der Waals surface area contributed by atoms with E-state index < -0.39 is 12.1 Å². The first-order valence-electron chi connectivity index (χ1n) is 10.3. The molecule has 4 rings (SSSR count). The fraction of sp³-hybridized carbons (Fsp3) is 0.280. The zero-order valence-electron chi connectivity index (χ0n) is 17.9. The fourth-order valence-corrected chi connectivity index (χ4v) is 3.51. The van der Waals surface area contributed by atoms with Gasteiger partial charge < -0.3 is 18.3 Å². The maximum Gasteiger partial charge on any atom is 0.347 e. The van der Waals surface area contributed by atoms with E-state index in [0.717, 1.165) is 10.9 Å². The molecular formula is C25H24O6. The standard InChI is InChI=1S/C25H24O6/c1-5-28-25(27)15(4)30-23-12-21-18(11-17(23)14(2)3)24(26)19(13-29-21)22-10-16-8-6-7-9-20(16)31-22/h6-15H,5H2,1-4H3/t15-/m0/s1. The molecule has 6 heteroatoms. The number of hydrogen-bond donors (Lipinski definition) is 0. The minimum Gasteiger partial charge on any atom is -0.479 e. The second kappa shape index (κ2) is 8.30. The van der Waals surface area contributed by atoms with Gasteiger partial charge in [0.25, 0.3) is 0 Å². The Kier molecular flexibility index (Phi) is 5.55. The van der Waals surface area contributed by atoms with E-state index in [9.17, 15) is 9.59 Å². The predicted octanol–water partition coefficient (Wildman–Crippen LogP) is 5.66. The molecule has 6 nitrogen and oxygen atoms in total. The number of benzene rings is 2. The van der Waals surface area contributed by atoms with Crippen molar-refractivity contribution in [2.45, 2.75) is 39.7 Å². The van der Waals surface area contributed by atoms with Crippen LogP contribution in [-0.4, -0.2) is 18.7 Å². The van der Waals surface area contributed by atoms with Crippen LogP contribution in [-0.2, 0) is 9.53 Å². The van der Waals surface area contributed by atoms with Crippen molar-refractivity contribution in [3.05, 3.63) is 64.5 Å². The lowest BCUT2D eigenvalue weighted by molar-refractivity contribution is -0.150. The van der Waals surface area contributed by atoms with Crippen LogP contribution in [0.4, 0.5) is 0 Å². The quantitative estimate of drug-likeness (QED) is 0.375. The minimum atomic E-state index is -0.781. The van der Waals surface area contributed by atoms with Crippen LogP contribution in [0.25, 0.3) is 33.3 Å². The van der Waals surface area contributed by atoms with E-state index in [2.05, 4.69) is 0 Å². The first kappa shape index (κ1) is 20.7. The van der Waals surface area contributed by atoms with Gasteiger partial charge in [-0.1, -0.05) is 32.0 Å². The molecule has 2 aromatic carbocycles. The molecule has 31 heavy (non-hydrogen) atoms. The van der Waals surface area contributed by atoms with Gasteiger partial charge in [0.2, 0.25) is 5.43 Å². The fourth-order valence-electron chi connectivity index (χ4n) is 3.51. The Bertz CT molecular complexity index is 1280. The largest absolute Gasteiger partial charge is 0.479 e. The maximum absolute atomic E-state index is 13.3. The zero-order chi connectivity index (χ0) is 22.1. The van der Waals surface area contributed by atoms with Crippen molar-refractivity contribution in [2.75, 3.05) is 6.61 Å². The van der Waals surface area contributed by atoms with Crippen molar-refractivity contribution in [2.24, 2.45) is 0 Å². The molecule has 0 amide bonds. The molecule has 0 fully saturated rings. The Morgan fingerprint density at radius 3 is 2.55 bits per heavy atom. The van der Waals surface area contributed by atoms with Gasteiger partial charge in [-0.05, 0) is 43.5 Å². The number of rotatable bonds is 6. The SMILES string of the molecule is CCOC(=O)[C@H](C)Oc1cc2occ(-c3cc4ccccc4o3)c(=O)c2cc1C(C)C. The first-order chi connectivity index (χ1) is 14.9. The smallest absolute Gasteiger partial charge is 0.347 e. The molecule has 1 atom stereocenters. The topological polar surface area (TPSA) is 78.9 Å². The Hall–Kier alpha value is -3.54.